The molecule has 0 aliphatic rings. The van der Waals surface area contributed by atoms with Crippen molar-refractivity contribution < 1.29 is 13.2 Å². The standard InChI is InChI=1S/C12H10BrClN2O3S/c1-19-12-3-2-9(5-11(12)14)16-20(17,18)10-4-8(13)6-15-7-10/h2-7,16H,1H3. The smallest absolute Gasteiger partial charge is 0.263 e. The minimum atomic E-state index is -3.71. The fourth-order valence-corrected chi connectivity index (χ4v) is 3.29. The average molecular weight is 378 g/mol. The molecule has 1 N–H and O–H groups in total. The molecule has 8 heteroatoms. The third-order valence-corrected chi connectivity index (χ3v) is 4.47. The zero-order valence-electron chi connectivity index (χ0n) is 10.3. The summed E-state index contributed by atoms with van der Waals surface area (Å²) in [7, 11) is -2.23. The van der Waals surface area contributed by atoms with E-state index in [1.54, 1.807) is 12.1 Å². The molecule has 106 valence electrons. The number of rotatable bonds is 4. The number of anilines is 1. The van der Waals surface area contributed by atoms with Crippen molar-refractivity contribution in [2.75, 3.05) is 11.8 Å². The van der Waals surface area contributed by atoms with Crippen molar-refractivity contribution >= 4 is 43.2 Å². The fraction of sp³-hybridized carbons (Fsp3) is 0.0833. The van der Waals surface area contributed by atoms with Gasteiger partial charge in [-0.25, -0.2) is 8.42 Å². The maximum Gasteiger partial charge on any atom is 0.263 e. The second-order valence-electron chi connectivity index (χ2n) is 3.79. The largest absolute Gasteiger partial charge is 0.495 e. The highest BCUT2D eigenvalue weighted by atomic mass is 79.9. The number of nitrogens with zero attached hydrogens (tertiary/aromatic N) is 1. The number of aromatic nitrogens is 1. The van der Waals surface area contributed by atoms with Gasteiger partial charge in [-0.05, 0) is 40.2 Å². The van der Waals surface area contributed by atoms with Crippen molar-refractivity contribution in [3.05, 3.63) is 46.2 Å². The maximum atomic E-state index is 12.2. The summed E-state index contributed by atoms with van der Waals surface area (Å²) in [4.78, 5) is 3.88. The van der Waals surface area contributed by atoms with Gasteiger partial charge in [0.2, 0.25) is 0 Å². The molecule has 0 unspecified atom stereocenters. The number of ether oxygens (including phenoxy) is 1. The summed E-state index contributed by atoms with van der Waals surface area (Å²) < 4.78 is 32.4. The monoisotopic (exact) mass is 376 g/mol. The number of nitrogens with one attached hydrogen (secondary N) is 1. The molecule has 0 amide bonds. The van der Waals surface area contributed by atoms with Crippen LogP contribution in [0.25, 0.3) is 0 Å². The molecule has 0 aliphatic carbocycles. The molecule has 0 bridgehead atoms. The van der Waals surface area contributed by atoms with Crippen LogP contribution in [0, 0.1) is 0 Å². The summed E-state index contributed by atoms with van der Waals surface area (Å²) >= 11 is 9.13. The van der Waals surface area contributed by atoms with E-state index in [0.717, 1.165) is 0 Å². The van der Waals surface area contributed by atoms with Crippen molar-refractivity contribution in [3.63, 3.8) is 0 Å². The summed E-state index contributed by atoms with van der Waals surface area (Å²) in [5, 5.41) is 0.320. The van der Waals surface area contributed by atoms with E-state index in [2.05, 4.69) is 25.6 Å². The zero-order chi connectivity index (χ0) is 14.8. The van der Waals surface area contributed by atoms with E-state index in [4.69, 9.17) is 16.3 Å². The van der Waals surface area contributed by atoms with Gasteiger partial charge in [0.25, 0.3) is 10.0 Å². The van der Waals surface area contributed by atoms with Crippen molar-refractivity contribution in [2.45, 2.75) is 4.90 Å². The van der Waals surface area contributed by atoms with Gasteiger partial charge in [0, 0.05) is 16.9 Å². The van der Waals surface area contributed by atoms with E-state index >= 15 is 0 Å². The highest BCUT2D eigenvalue weighted by molar-refractivity contribution is 9.10. The van der Waals surface area contributed by atoms with E-state index < -0.39 is 10.0 Å². The summed E-state index contributed by atoms with van der Waals surface area (Å²) in [6.07, 6.45) is 2.77. The van der Waals surface area contributed by atoms with Gasteiger partial charge in [-0.15, -0.1) is 0 Å². The van der Waals surface area contributed by atoms with Crippen LogP contribution in [0.15, 0.2) is 46.0 Å². The molecule has 0 aliphatic heterocycles. The molecule has 0 radical (unpaired) electrons. The fourth-order valence-electron chi connectivity index (χ4n) is 1.48. The van der Waals surface area contributed by atoms with Crippen LogP contribution in [0.5, 0.6) is 5.75 Å². The van der Waals surface area contributed by atoms with Crippen molar-refractivity contribution in [2.24, 2.45) is 0 Å². The Hall–Kier alpha value is -1.31. The van der Waals surface area contributed by atoms with Gasteiger partial charge in [-0.2, -0.15) is 0 Å². The molecule has 20 heavy (non-hydrogen) atoms. The summed E-state index contributed by atoms with van der Waals surface area (Å²) in [5.74, 6) is 0.471. The first-order valence-electron chi connectivity index (χ1n) is 5.39. The second kappa shape index (κ2) is 5.99. The highest BCUT2D eigenvalue weighted by Gasteiger charge is 2.15. The minimum Gasteiger partial charge on any atom is -0.495 e. The SMILES string of the molecule is COc1ccc(NS(=O)(=O)c2cncc(Br)c2)cc1Cl. The molecular formula is C12H10BrClN2O3S. The summed E-state index contributed by atoms with van der Waals surface area (Å²) in [6, 6.07) is 6.08. The first kappa shape index (κ1) is 15.1. The van der Waals surface area contributed by atoms with Crippen LogP contribution in [-0.2, 0) is 10.0 Å². The molecule has 0 saturated heterocycles. The number of methoxy groups -OCH3 is 1. The third kappa shape index (κ3) is 3.41. The van der Waals surface area contributed by atoms with Crippen LogP contribution < -0.4 is 9.46 Å². The van der Waals surface area contributed by atoms with E-state index in [1.807, 2.05) is 0 Å². The van der Waals surface area contributed by atoms with Gasteiger partial charge in [0.1, 0.15) is 10.6 Å². The molecule has 2 aromatic rings. The Kier molecular flexibility index (Phi) is 4.52. The number of halogens is 2. The Balaban J connectivity index is 2.31. The average Bonchev–Trinajstić information content (AvgIpc) is 2.38. The first-order chi connectivity index (χ1) is 9.42. The molecule has 5 nitrogen and oxygen atoms in total. The lowest BCUT2D eigenvalue weighted by molar-refractivity contribution is 0.415. The quantitative estimate of drug-likeness (QED) is 0.887. The Labute approximate surface area is 130 Å². The Morgan fingerprint density at radius 3 is 2.65 bits per heavy atom. The van der Waals surface area contributed by atoms with Crippen LogP contribution in [0.2, 0.25) is 5.02 Å². The van der Waals surface area contributed by atoms with Crippen LogP contribution in [-0.4, -0.2) is 20.5 Å². The van der Waals surface area contributed by atoms with Crippen LogP contribution in [0.4, 0.5) is 5.69 Å². The molecule has 1 heterocycles. The van der Waals surface area contributed by atoms with E-state index in [-0.39, 0.29) is 4.90 Å². The minimum absolute atomic E-state index is 0.0545. The van der Waals surface area contributed by atoms with Gasteiger partial charge < -0.3 is 4.74 Å². The van der Waals surface area contributed by atoms with E-state index in [0.29, 0.717) is 20.9 Å². The molecule has 1 aromatic heterocycles. The van der Waals surface area contributed by atoms with Crippen LogP contribution in [0.3, 0.4) is 0 Å². The number of sulfonamides is 1. The Morgan fingerprint density at radius 2 is 2.05 bits per heavy atom. The normalized spacial score (nSPS) is 11.2. The van der Waals surface area contributed by atoms with Crippen molar-refractivity contribution in [1.82, 2.24) is 4.98 Å². The lowest BCUT2D eigenvalue weighted by Crippen LogP contribution is -2.13. The maximum absolute atomic E-state index is 12.2. The lowest BCUT2D eigenvalue weighted by atomic mass is 10.3. The number of hydrogen-bond acceptors (Lipinski definition) is 4. The Bertz CT molecular complexity index is 737. The van der Waals surface area contributed by atoms with Gasteiger partial charge in [0.05, 0.1) is 17.8 Å². The molecule has 1 aromatic carbocycles. The predicted molar refractivity (Wildman–Crippen MR) is 80.7 cm³/mol. The number of hydrogen-bond donors (Lipinski definition) is 1. The molecule has 0 spiro atoms. The van der Waals surface area contributed by atoms with Crippen molar-refractivity contribution in [3.8, 4) is 5.75 Å². The van der Waals surface area contributed by atoms with Gasteiger partial charge in [0.15, 0.2) is 0 Å². The molecule has 2 rings (SSSR count). The molecule has 0 fully saturated rings. The van der Waals surface area contributed by atoms with Crippen LogP contribution in [0.1, 0.15) is 0 Å². The van der Waals surface area contributed by atoms with Crippen LogP contribution >= 0.6 is 27.5 Å². The lowest BCUT2D eigenvalue weighted by Gasteiger charge is -2.10. The number of pyridine rings is 1. The van der Waals surface area contributed by atoms with Crippen molar-refractivity contribution in [1.29, 1.82) is 0 Å². The molecule has 0 atom stereocenters. The predicted octanol–water partition coefficient (Wildman–Crippen LogP) is 3.31. The molecular weight excluding hydrogens is 368 g/mol. The second-order valence-corrected chi connectivity index (χ2v) is 6.80. The highest BCUT2D eigenvalue weighted by Crippen LogP contribution is 2.28. The zero-order valence-corrected chi connectivity index (χ0v) is 13.5. The van der Waals surface area contributed by atoms with E-state index in [9.17, 15) is 8.42 Å². The van der Waals surface area contributed by atoms with Gasteiger partial charge in [-0.3, -0.25) is 9.71 Å². The van der Waals surface area contributed by atoms with Gasteiger partial charge in [-0.1, -0.05) is 11.6 Å². The number of benzene rings is 1. The molecule has 0 saturated carbocycles. The Morgan fingerprint density at radius 1 is 1.30 bits per heavy atom. The topological polar surface area (TPSA) is 68.3 Å². The van der Waals surface area contributed by atoms with E-state index in [1.165, 1.54) is 31.6 Å². The summed E-state index contributed by atoms with van der Waals surface area (Å²) in [6.45, 7) is 0. The summed E-state index contributed by atoms with van der Waals surface area (Å²) in [5.41, 5.74) is 0.343. The van der Waals surface area contributed by atoms with Gasteiger partial charge >= 0.3 is 0 Å². The first-order valence-corrected chi connectivity index (χ1v) is 8.05. The third-order valence-electron chi connectivity index (χ3n) is 2.39.